The fourth-order valence-electron chi connectivity index (χ4n) is 1.86. The van der Waals surface area contributed by atoms with E-state index in [-0.39, 0.29) is 18.2 Å². The second-order valence-corrected chi connectivity index (χ2v) is 4.40. The Morgan fingerprint density at radius 3 is 2.57 bits per heavy atom. The van der Waals surface area contributed by atoms with Crippen LogP contribution in [0, 0.1) is 0 Å². The Balaban J connectivity index is 3.10. The number of carbonyl (C=O) groups excluding carboxylic acids is 1. The van der Waals surface area contributed by atoms with E-state index in [1.165, 1.54) is 13.2 Å². The maximum absolute atomic E-state index is 12.9. The van der Waals surface area contributed by atoms with Gasteiger partial charge in [0.25, 0.3) is 5.91 Å². The van der Waals surface area contributed by atoms with Gasteiger partial charge in [-0.25, -0.2) is 0 Å². The van der Waals surface area contributed by atoms with Crippen molar-refractivity contribution in [2.24, 2.45) is 5.84 Å². The third-order valence-corrected chi connectivity index (χ3v) is 2.95. The normalized spacial score (nSPS) is 12.9. The van der Waals surface area contributed by atoms with E-state index in [0.29, 0.717) is 6.42 Å². The van der Waals surface area contributed by atoms with Crippen molar-refractivity contribution >= 4 is 11.6 Å². The van der Waals surface area contributed by atoms with Crippen molar-refractivity contribution in [1.29, 1.82) is 0 Å². The molecule has 1 amide bonds. The lowest BCUT2D eigenvalue weighted by Gasteiger charge is -2.19. The highest BCUT2D eigenvalue weighted by Gasteiger charge is 2.35. The maximum Gasteiger partial charge on any atom is 0.418 e. The molecule has 0 radical (unpaired) electrons. The zero-order chi connectivity index (χ0) is 16.0. The maximum atomic E-state index is 12.9. The first-order valence-electron chi connectivity index (χ1n) is 6.31. The van der Waals surface area contributed by atoms with E-state index in [4.69, 9.17) is 10.6 Å². The first kappa shape index (κ1) is 17.3. The largest absolute Gasteiger partial charge is 0.418 e. The minimum atomic E-state index is -4.60. The average molecular weight is 305 g/mol. The van der Waals surface area contributed by atoms with Crippen LogP contribution in [-0.2, 0) is 10.9 Å². The van der Waals surface area contributed by atoms with Crippen LogP contribution in [0.25, 0.3) is 0 Å². The minimum absolute atomic E-state index is 0.165. The SMILES string of the molecule is CCC(COC)NC(=O)c1cccc(C(F)(F)F)c1NN. The Bertz CT molecular complexity index is 492. The highest BCUT2D eigenvalue weighted by Crippen LogP contribution is 2.36. The smallest absolute Gasteiger partial charge is 0.383 e. The Hall–Kier alpha value is -1.80. The summed E-state index contributed by atoms with van der Waals surface area (Å²) in [7, 11) is 1.48. The van der Waals surface area contributed by atoms with Gasteiger partial charge in [-0.05, 0) is 18.6 Å². The van der Waals surface area contributed by atoms with Crippen LogP contribution < -0.4 is 16.6 Å². The molecule has 0 aliphatic carbocycles. The summed E-state index contributed by atoms with van der Waals surface area (Å²) in [4.78, 5) is 12.1. The summed E-state index contributed by atoms with van der Waals surface area (Å²) < 4.78 is 43.6. The molecule has 4 N–H and O–H groups in total. The topological polar surface area (TPSA) is 76.4 Å². The molecule has 1 rings (SSSR count). The number of amides is 1. The van der Waals surface area contributed by atoms with Gasteiger partial charge in [-0.1, -0.05) is 13.0 Å². The number of para-hydroxylation sites is 1. The van der Waals surface area contributed by atoms with E-state index in [9.17, 15) is 18.0 Å². The van der Waals surface area contributed by atoms with Gasteiger partial charge in [0.05, 0.1) is 29.5 Å². The third-order valence-electron chi connectivity index (χ3n) is 2.95. The van der Waals surface area contributed by atoms with Crippen LogP contribution >= 0.6 is 0 Å². The van der Waals surface area contributed by atoms with Crippen molar-refractivity contribution in [1.82, 2.24) is 5.32 Å². The van der Waals surface area contributed by atoms with Crippen molar-refractivity contribution in [3.63, 3.8) is 0 Å². The Labute approximate surface area is 120 Å². The van der Waals surface area contributed by atoms with E-state index < -0.39 is 23.3 Å². The van der Waals surface area contributed by atoms with Gasteiger partial charge in [0.2, 0.25) is 0 Å². The predicted octanol–water partition coefficient (Wildman–Crippen LogP) is 2.15. The Kier molecular flexibility index (Phi) is 5.98. The van der Waals surface area contributed by atoms with Gasteiger partial charge in [0.1, 0.15) is 0 Å². The van der Waals surface area contributed by atoms with Crippen LogP contribution in [0.15, 0.2) is 18.2 Å². The molecule has 1 unspecified atom stereocenters. The Morgan fingerprint density at radius 2 is 2.10 bits per heavy atom. The number of nitrogen functional groups attached to an aromatic ring is 1. The van der Waals surface area contributed by atoms with Crippen LogP contribution in [0.2, 0.25) is 0 Å². The summed E-state index contributed by atoms with van der Waals surface area (Å²) in [6.07, 6.45) is -4.02. The van der Waals surface area contributed by atoms with E-state index >= 15 is 0 Å². The molecule has 0 aliphatic rings. The number of methoxy groups -OCH3 is 1. The summed E-state index contributed by atoms with van der Waals surface area (Å²) in [6, 6.07) is 3.01. The van der Waals surface area contributed by atoms with Crippen molar-refractivity contribution in [3.05, 3.63) is 29.3 Å². The first-order valence-corrected chi connectivity index (χ1v) is 6.31. The number of hydrogen-bond acceptors (Lipinski definition) is 4. The van der Waals surface area contributed by atoms with Gasteiger partial charge in [0.15, 0.2) is 0 Å². The van der Waals surface area contributed by atoms with Crippen LogP contribution in [0.3, 0.4) is 0 Å². The zero-order valence-electron chi connectivity index (χ0n) is 11.8. The lowest BCUT2D eigenvalue weighted by molar-refractivity contribution is -0.137. The molecule has 8 heteroatoms. The molecule has 118 valence electrons. The lowest BCUT2D eigenvalue weighted by atomic mass is 10.1. The molecular formula is C13H18F3N3O2. The van der Waals surface area contributed by atoms with Gasteiger partial charge in [0, 0.05) is 7.11 Å². The standard InChI is InChI=1S/C13H18F3N3O2/c1-3-8(7-21-2)18-12(20)9-5-4-6-10(11(9)19-17)13(14,15)16/h4-6,8,19H,3,7,17H2,1-2H3,(H,18,20). The van der Waals surface area contributed by atoms with E-state index in [0.717, 1.165) is 12.1 Å². The molecule has 0 fully saturated rings. The zero-order valence-corrected chi connectivity index (χ0v) is 11.8. The van der Waals surface area contributed by atoms with Gasteiger partial charge < -0.3 is 15.5 Å². The molecular weight excluding hydrogens is 287 g/mol. The number of rotatable bonds is 6. The summed E-state index contributed by atoms with van der Waals surface area (Å²) in [5.74, 6) is 4.51. The summed E-state index contributed by atoms with van der Waals surface area (Å²) in [6.45, 7) is 2.10. The van der Waals surface area contributed by atoms with Crippen molar-refractivity contribution in [2.45, 2.75) is 25.6 Å². The molecule has 5 nitrogen and oxygen atoms in total. The number of hydrogen-bond donors (Lipinski definition) is 3. The molecule has 0 aliphatic heterocycles. The Morgan fingerprint density at radius 1 is 1.43 bits per heavy atom. The van der Waals surface area contributed by atoms with Gasteiger partial charge in [-0.2, -0.15) is 13.2 Å². The molecule has 1 aromatic rings. The molecule has 0 aromatic heterocycles. The van der Waals surface area contributed by atoms with Crippen molar-refractivity contribution in [2.75, 3.05) is 19.1 Å². The summed E-state index contributed by atoms with van der Waals surface area (Å²) in [5.41, 5.74) is 0.360. The van der Waals surface area contributed by atoms with Gasteiger partial charge in [-0.3, -0.25) is 10.6 Å². The molecule has 1 aromatic carbocycles. The number of ether oxygens (including phenoxy) is 1. The number of halogens is 3. The van der Waals surface area contributed by atoms with Crippen molar-refractivity contribution in [3.8, 4) is 0 Å². The van der Waals surface area contributed by atoms with E-state index in [1.54, 1.807) is 0 Å². The van der Waals surface area contributed by atoms with Crippen LogP contribution in [0.4, 0.5) is 18.9 Å². The number of alkyl halides is 3. The highest BCUT2D eigenvalue weighted by atomic mass is 19.4. The summed E-state index contributed by atoms with van der Waals surface area (Å²) in [5, 5.41) is 2.61. The molecule has 1 atom stereocenters. The predicted molar refractivity (Wildman–Crippen MR) is 72.7 cm³/mol. The number of nitrogens with one attached hydrogen (secondary N) is 2. The van der Waals surface area contributed by atoms with Crippen LogP contribution in [0.5, 0.6) is 0 Å². The van der Waals surface area contributed by atoms with Gasteiger partial charge >= 0.3 is 6.18 Å². The molecule has 0 saturated carbocycles. The second kappa shape index (κ2) is 7.28. The minimum Gasteiger partial charge on any atom is -0.383 e. The first-order chi connectivity index (χ1) is 9.85. The molecule has 0 spiro atoms. The number of carbonyl (C=O) groups is 1. The summed E-state index contributed by atoms with van der Waals surface area (Å²) >= 11 is 0. The van der Waals surface area contributed by atoms with Gasteiger partial charge in [-0.15, -0.1) is 0 Å². The molecule has 21 heavy (non-hydrogen) atoms. The fraction of sp³-hybridized carbons (Fsp3) is 0.462. The van der Waals surface area contributed by atoms with E-state index in [2.05, 4.69) is 5.32 Å². The second-order valence-electron chi connectivity index (χ2n) is 4.40. The quantitative estimate of drug-likeness (QED) is 0.556. The van der Waals surface area contributed by atoms with Crippen LogP contribution in [-0.4, -0.2) is 25.7 Å². The lowest BCUT2D eigenvalue weighted by Crippen LogP contribution is -2.38. The highest BCUT2D eigenvalue weighted by molar-refractivity contribution is 6.00. The monoisotopic (exact) mass is 305 g/mol. The number of nitrogens with two attached hydrogens (primary N) is 1. The van der Waals surface area contributed by atoms with E-state index in [1.807, 2.05) is 12.3 Å². The van der Waals surface area contributed by atoms with Crippen LogP contribution in [0.1, 0.15) is 29.3 Å². The van der Waals surface area contributed by atoms with Crippen molar-refractivity contribution < 1.29 is 22.7 Å². The molecule has 0 heterocycles. The molecule has 0 bridgehead atoms. The molecule has 0 saturated heterocycles. The average Bonchev–Trinajstić information content (AvgIpc) is 2.44. The fourth-order valence-corrected chi connectivity index (χ4v) is 1.86. The number of anilines is 1. The number of hydrazine groups is 1. The number of benzene rings is 1. The third kappa shape index (κ3) is 4.33.